The standard InChI is InChI=1S/C18H13ClFN3OS/c19-14-5-1-12(2-6-14)10-21-23-17(24)9-16-11-25-18(22-16)13-3-7-15(20)8-4-13/h1-8,10-11H,9H2,(H,23,24)/b21-10-. The predicted molar refractivity (Wildman–Crippen MR) is 98.4 cm³/mol. The van der Waals surface area contributed by atoms with Crippen LogP contribution in [-0.4, -0.2) is 17.1 Å². The average molecular weight is 374 g/mol. The molecule has 0 aliphatic rings. The Kier molecular flexibility index (Phi) is 5.53. The molecule has 0 unspecified atom stereocenters. The first-order chi connectivity index (χ1) is 12.1. The van der Waals surface area contributed by atoms with Gasteiger partial charge in [-0.05, 0) is 42.0 Å². The number of hydrazone groups is 1. The Hall–Kier alpha value is -2.57. The maximum atomic E-state index is 13.0. The second-order valence-corrected chi connectivity index (χ2v) is 6.47. The molecule has 0 spiro atoms. The minimum absolute atomic E-state index is 0.121. The Morgan fingerprint density at radius 2 is 1.92 bits per heavy atom. The zero-order valence-electron chi connectivity index (χ0n) is 12.9. The number of nitrogens with zero attached hydrogens (tertiary/aromatic N) is 2. The lowest BCUT2D eigenvalue weighted by molar-refractivity contribution is -0.120. The fraction of sp³-hybridized carbons (Fsp3) is 0.0556. The quantitative estimate of drug-likeness (QED) is 0.535. The van der Waals surface area contributed by atoms with E-state index in [1.165, 1.54) is 23.5 Å². The molecular formula is C18H13ClFN3OS. The number of carbonyl (C=O) groups excluding carboxylic acids is 1. The van der Waals surface area contributed by atoms with Crippen LogP contribution in [0.5, 0.6) is 0 Å². The van der Waals surface area contributed by atoms with Gasteiger partial charge in [0.05, 0.1) is 18.3 Å². The van der Waals surface area contributed by atoms with Crippen molar-refractivity contribution in [2.45, 2.75) is 6.42 Å². The van der Waals surface area contributed by atoms with Crippen LogP contribution in [0.3, 0.4) is 0 Å². The molecule has 0 aliphatic carbocycles. The number of aromatic nitrogens is 1. The van der Waals surface area contributed by atoms with E-state index in [0.717, 1.165) is 16.1 Å². The van der Waals surface area contributed by atoms with Crippen molar-refractivity contribution in [3.8, 4) is 10.6 Å². The number of hydrogen-bond acceptors (Lipinski definition) is 4. The highest BCUT2D eigenvalue weighted by Gasteiger charge is 2.08. The highest BCUT2D eigenvalue weighted by Crippen LogP contribution is 2.24. The van der Waals surface area contributed by atoms with Crippen LogP contribution in [0.25, 0.3) is 10.6 Å². The van der Waals surface area contributed by atoms with Gasteiger partial charge in [0.15, 0.2) is 0 Å². The summed E-state index contributed by atoms with van der Waals surface area (Å²) in [6, 6.07) is 13.2. The second-order valence-electron chi connectivity index (χ2n) is 5.17. The zero-order valence-corrected chi connectivity index (χ0v) is 14.5. The number of benzene rings is 2. The fourth-order valence-corrected chi connectivity index (χ4v) is 3.00. The summed E-state index contributed by atoms with van der Waals surface area (Å²) >= 11 is 7.21. The van der Waals surface area contributed by atoms with E-state index >= 15 is 0 Å². The lowest BCUT2D eigenvalue weighted by atomic mass is 10.2. The van der Waals surface area contributed by atoms with E-state index in [1.54, 1.807) is 48.0 Å². The monoisotopic (exact) mass is 373 g/mol. The molecule has 1 heterocycles. The Labute approximate surface area is 153 Å². The van der Waals surface area contributed by atoms with Crippen LogP contribution >= 0.6 is 22.9 Å². The molecule has 0 aliphatic heterocycles. The van der Waals surface area contributed by atoms with Gasteiger partial charge in [-0.25, -0.2) is 14.8 Å². The normalized spacial score (nSPS) is 11.0. The van der Waals surface area contributed by atoms with Crippen LogP contribution in [0.1, 0.15) is 11.3 Å². The molecule has 0 saturated heterocycles. The molecule has 7 heteroatoms. The molecule has 0 atom stereocenters. The third kappa shape index (κ3) is 4.95. The number of nitrogens with one attached hydrogen (secondary N) is 1. The minimum atomic E-state index is -0.293. The van der Waals surface area contributed by atoms with E-state index < -0.39 is 0 Å². The number of amides is 1. The highest BCUT2D eigenvalue weighted by atomic mass is 35.5. The van der Waals surface area contributed by atoms with E-state index in [0.29, 0.717) is 10.7 Å². The lowest BCUT2D eigenvalue weighted by Gasteiger charge is -1.98. The molecule has 1 amide bonds. The van der Waals surface area contributed by atoms with Gasteiger partial charge in [0.1, 0.15) is 10.8 Å². The summed E-state index contributed by atoms with van der Waals surface area (Å²) in [5.41, 5.74) is 4.75. The molecule has 0 bridgehead atoms. The molecule has 0 radical (unpaired) electrons. The van der Waals surface area contributed by atoms with Gasteiger partial charge in [-0.3, -0.25) is 4.79 Å². The summed E-state index contributed by atoms with van der Waals surface area (Å²) in [7, 11) is 0. The van der Waals surface area contributed by atoms with Gasteiger partial charge in [-0.1, -0.05) is 23.7 Å². The van der Waals surface area contributed by atoms with E-state index in [1.807, 2.05) is 0 Å². The van der Waals surface area contributed by atoms with Crippen LogP contribution in [-0.2, 0) is 11.2 Å². The Bertz CT molecular complexity index is 891. The smallest absolute Gasteiger partial charge is 0.246 e. The second kappa shape index (κ2) is 8.00. The number of thiazole rings is 1. The van der Waals surface area contributed by atoms with Crippen molar-refractivity contribution < 1.29 is 9.18 Å². The van der Waals surface area contributed by atoms with Crippen LogP contribution in [0, 0.1) is 5.82 Å². The maximum Gasteiger partial charge on any atom is 0.246 e. The van der Waals surface area contributed by atoms with Gasteiger partial charge in [0.25, 0.3) is 0 Å². The van der Waals surface area contributed by atoms with E-state index in [-0.39, 0.29) is 18.1 Å². The van der Waals surface area contributed by atoms with Gasteiger partial charge in [-0.15, -0.1) is 11.3 Å². The molecule has 2 aromatic carbocycles. The van der Waals surface area contributed by atoms with E-state index in [2.05, 4.69) is 15.5 Å². The average Bonchev–Trinajstić information content (AvgIpc) is 3.06. The summed E-state index contributed by atoms with van der Waals surface area (Å²) in [6.07, 6.45) is 1.66. The van der Waals surface area contributed by atoms with Crippen molar-refractivity contribution >= 4 is 35.1 Å². The first kappa shape index (κ1) is 17.3. The fourth-order valence-electron chi connectivity index (χ4n) is 2.04. The predicted octanol–water partition coefficient (Wildman–Crippen LogP) is 4.30. The van der Waals surface area contributed by atoms with E-state index in [9.17, 15) is 9.18 Å². The van der Waals surface area contributed by atoms with E-state index in [4.69, 9.17) is 11.6 Å². The SMILES string of the molecule is O=C(Cc1csc(-c2ccc(F)cc2)n1)N/N=C\c1ccc(Cl)cc1. The Morgan fingerprint density at radius 1 is 1.20 bits per heavy atom. The Balaban J connectivity index is 1.56. The lowest BCUT2D eigenvalue weighted by Crippen LogP contribution is -2.19. The summed E-state index contributed by atoms with van der Waals surface area (Å²) in [4.78, 5) is 16.3. The summed E-state index contributed by atoms with van der Waals surface area (Å²) in [6.45, 7) is 0. The van der Waals surface area contributed by atoms with Gasteiger partial charge < -0.3 is 0 Å². The van der Waals surface area contributed by atoms with Crippen LogP contribution in [0.15, 0.2) is 59.0 Å². The molecule has 126 valence electrons. The van der Waals surface area contributed by atoms with Crippen molar-refractivity contribution in [3.63, 3.8) is 0 Å². The molecular weight excluding hydrogens is 361 g/mol. The highest BCUT2D eigenvalue weighted by molar-refractivity contribution is 7.13. The summed E-state index contributed by atoms with van der Waals surface area (Å²) in [5.74, 6) is -0.556. The third-order valence-corrected chi connectivity index (χ3v) is 4.45. The number of rotatable bonds is 5. The first-order valence-electron chi connectivity index (χ1n) is 7.38. The zero-order chi connectivity index (χ0) is 17.6. The number of halogens is 2. The first-order valence-corrected chi connectivity index (χ1v) is 8.64. The largest absolute Gasteiger partial charge is 0.273 e. The molecule has 3 aromatic rings. The molecule has 0 saturated carbocycles. The molecule has 1 aromatic heterocycles. The molecule has 25 heavy (non-hydrogen) atoms. The van der Waals surface area contributed by atoms with Crippen molar-refractivity contribution in [1.29, 1.82) is 0 Å². The van der Waals surface area contributed by atoms with Crippen LogP contribution in [0.2, 0.25) is 5.02 Å². The van der Waals surface area contributed by atoms with Gasteiger partial charge >= 0.3 is 0 Å². The number of hydrogen-bond donors (Lipinski definition) is 1. The van der Waals surface area contributed by atoms with Crippen LogP contribution in [0.4, 0.5) is 4.39 Å². The molecule has 0 fully saturated rings. The molecule has 4 nitrogen and oxygen atoms in total. The van der Waals surface area contributed by atoms with Crippen LogP contribution < -0.4 is 5.43 Å². The molecule has 3 rings (SSSR count). The third-order valence-electron chi connectivity index (χ3n) is 3.26. The van der Waals surface area contributed by atoms with Gasteiger partial charge in [0.2, 0.25) is 5.91 Å². The van der Waals surface area contributed by atoms with Crippen molar-refractivity contribution in [3.05, 3.63) is 76.0 Å². The molecule has 1 N–H and O–H groups in total. The topological polar surface area (TPSA) is 54.4 Å². The summed E-state index contributed by atoms with van der Waals surface area (Å²) in [5, 5.41) is 7.10. The number of carbonyl (C=O) groups is 1. The maximum absolute atomic E-state index is 13.0. The Morgan fingerprint density at radius 3 is 2.64 bits per heavy atom. The van der Waals surface area contributed by atoms with Crippen molar-refractivity contribution in [2.75, 3.05) is 0 Å². The van der Waals surface area contributed by atoms with Crippen molar-refractivity contribution in [1.82, 2.24) is 10.4 Å². The minimum Gasteiger partial charge on any atom is -0.273 e. The summed E-state index contributed by atoms with van der Waals surface area (Å²) < 4.78 is 13.0. The van der Waals surface area contributed by atoms with Crippen molar-refractivity contribution in [2.24, 2.45) is 5.10 Å². The van der Waals surface area contributed by atoms with Gasteiger partial charge in [0, 0.05) is 16.0 Å². The van der Waals surface area contributed by atoms with Gasteiger partial charge in [-0.2, -0.15) is 5.10 Å².